The number of hydrogen-bond acceptors (Lipinski definition) is 6. The average molecular weight is 399 g/mol. The molecule has 1 atom stereocenters. The summed E-state index contributed by atoms with van der Waals surface area (Å²) in [6.07, 6.45) is 1.89. The minimum atomic E-state index is -0.689. The third kappa shape index (κ3) is 4.01. The van der Waals surface area contributed by atoms with Gasteiger partial charge in [-0.25, -0.2) is 4.98 Å². The van der Waals surface area contributed by atoms with Crippen LogP contribution in [0.5, 0.6) is 11.5 Å². The maximum Gasteiger partial charge on any atom is 0.296 e. The molecule has 0 radical (unpaired) electrons. The van der Waals surface area contributed by atoms with Gasteiger partial charge in [0.05, 0.1) is 13.2 Å². The van der Waals surface area contributed by atoms with E-state index in [9.17, 15) is 19.5 Å². The lowest BCUT2D eigenvalue weighted by molar-refractivity contribution is -0.129. The minimum absolute atomic E-state index is 0.0641. The Morgan fingerprint density at radius 3 is 2.72 bits per heavy atom. The molecular weight excluding hydrogens is 374 g/mol. The summed E-state index contributed by atoms with van der Waals surface area (Å²) in [5, 5.41) is 10.3. The first-order valence-corrected chi connectivity index (χ1v) is 9.57. The quantitative estimate of drug-likeness (QED) is 0.746. The molecule has 1 fully saturated rings. The van der Waals surface area contributed by atoms with Crippen molar-refractivity contribution < 1.29 is 19.4 Å². The molecule has 2 heterocycles. The van der Waals surface area contributed by atoms with Gasteiger partial charge < -0.3 is 14.7 Å². The number of Topliss-reactive ketones (excluding diaryl/α,β-unsaturated/α-hetero) is 1. The van der Waals surface area contributed by atoms with Gasteiger partial charge in [-0.05, 0) is 30.9 Å². The van der Waals surface area contributed by atoms with E-state index >= 15 is 0 Å². The summed E-state index contributed by atoms with van der Waals surface area (Å²) in [6.45, 7) is 2.05. The van der Waals surface area contributed by atoms with Crippen molar-refractivity contribution in [2.75, 3.05) is 13.7 Å². The van der Waals surface area contributed by atoms with Crippen molar-refractivity contribution in [3.8, 4) is 11.5 Å². The van der Waals surface area contributed by atoms with E-state index in [0.29, 0.717) is 31.0 Å². The number of para-hydroxylation sites is 1. The molecule has 3 rings (SSSR count). The zero-order valence-corrected chi connectivity index (χ0v) is 16.8. The first-order chi connectivity index (χ1) is 13.8. The number of benzene rings is 1. The number of hydrogen-bond donors (Lipinski definition) is 1. The van der Waals surface area contributed by atoms with E-state index in [0.717, 1.165) is 12.0 Å². The highest BCUT2D eigenvalue weighted by atomic mass is 16.5. The summed E-state index contributed by atoms with van der Waals surface area (Å²) < 4.78 is 6.52. The fourth-order valence-corrected chi connectivity index (χ4v) is 3.79. The predicted octanol–water partition coefficient (Wildman–Crippen LogP) is 1.99. The molecule has 0 saturated carbocycles. The molecule has 1 aliphatic heterocycles. The van der Waals surface area contributed by atoms with Crippen molar-refractivity contribution in [1.82, 2.24) is 14.5 Å². The van der Waals surface area contributed by atoms with Gasteiger partial charge in [-0.15, -0.1) is 0 Å². The van der Waals surface area contributed by atoms with Gasteiger partial charge in [0, 0.05) is 26.9 Å². The maximum atomic E-state index is 12.8. The van der Waals surface area contributed by atoms with Gasteiger partial charge in [0.25, 0.3) is 5.56 Å². The Morgan fingerprint density at radius 2 is 2.03 bits per heavy atom. The minimum Gasteiger partial charge on any atom is -0.501 e. The number of likely N-dealkylation sites (tertiary alicyclic amines) is 1. The zero-order chi connectivity index (χ0) is 21.1. The van der Waals surface area contributed by atoms with Gasteiger partial charge in [0.2, 0.25) is 11.7 Å². The van der Waals surface area contributed by atoms with Crippen LogP contribution in [0.2, 0.25) is 0 Å². The van der Waals surface area contributed by atoms with Crippen LogP contribution in [0, 0.1) is 0 Å². The highest BCUT2D eigenvalue weighted by Gasteiger charge is 2.32. The van der Waals surface area contributed by atoms with E-state index in [1.54, 1.807) is 12.0 Å². The number of ketones is 1. The molecule has 1 N–H and O–H groups in total. The Labute approximate surface area is 168 Å². The third-order valence-corrected chi connectivity index (χ3v) is 5.33. The maximum absolute atomic E-state index is 12.8. The second-order valence-electron chi connectivity index (χ2n) is 7.14. The molecule has 1 aromatic heterocycles. The number of ether oxygens (including phenoxy) is 1. The van der Waals surface area contributed by atoms with E-state index < -0.39 is 17.1 Å². The van der Waals surface area contributed by atoms with Crippen LogP contribution in [0.25, 0.3) is 0 Å². The first-order valence-electron chi connectivity index (χ1n) is 9.57. The van der Waals surface area contributed by atoms with Crippen molar-refractivity contribution in [3.05, 3.63) is 51.7 Å². The van der Waals surface area contributed by atoms with Crippen LogP contribution in [0.15, 0.2) is 29.1 Å². The van der Waals surface area contributed by atoms with Gasteiger partial charge in [0.1, 0.15) is 11.6 Å². The van der Waals surface area contributed by atoms with E-state index in [4.69, 9.17) is 4.74 Å². The average Bonchev–Trinajstić information content (AvgIpc) is 3.20. The molecule has 1 aromatic carbocycles. The number of carbonyl (C=O) groups is 2. The van der Waals surface area contributed by atoms with Gasteiger partial charge >= 0.3 is 0 Å². The summed E-state index contributed by atoms with van der Waals surface area (Å²) in [6, 6.07) is 6.98. The van der Waals surface area contributed by atoms with E-state index in [2.05, 4.69) is 4.98 Å². The number of nitrogens with zero attached hydrogens (tertiary/aromatic N) is 3. The number of amides is 1. The molecular formula is C21H25N3O5. The van der Waals surface area contributed by atoms with E-state index in [-0.39, 0.29) is 24.1 Å². The summed E-state index contributed by atoms with van der Waals surface area (Å²) in [5.41, 5.74) is -0.0788. The molecule has 1 amide bonds. The number of aromatic nitrogens is 2. The monoisotopic (exact) mass is 399 g/mol. The zero-order valence-electron chi connectivity index (χ0n) is 16.8. The predicted molar refractivity (Wildman–Crippen MR) is 106 cm³/mol. The van der Waals surface area contributed by atoms with E-state index in [1.165, 1.54) is 18.5 Å². The van der Waals surface area contributed by atoms with Crippen molar-refractivity contribution in [1.29, 1.82) is 0 Å². The lowest BCUT2D eigenvalue weighted by atomic mass is 10.0. The highest BCUT2D eigenvalue weighted by Crippen LogP contribution is 2.31. The summed E-state index contributed by atoms with van der Waals surface area (Å²) in [7, 11) is 3.05. The van der Waals surface area contributed by atoms with Crippen molar-refractivity contribution >= 4 is 11.7 Å². The number of aromatic hydroxyl groups is 1. The number of aryl methyl sites for hydroxylation is 1. The van der Waals surface area contributed by atoms with Gasteiger partial charge in [0.15, 0.2) is 11.5 Å². The van der Waals surface area contributed by atoms with Crippen LogP contribution < -0.4 is 10.3 Å². The van der Waals surface area contributed by atoms with Crippen LogP contribution in [0.1, 0.15) is 54.1 Å². The largest absolute Gasteiger partial charge is 0.501 e. The van der Waals surface area contributed by atoms with Crippen LogP contribution in [-0.2, 0) is 18.3 Å². The molecule has 1 unspecified atom stereocenters. The number of rotatable bonds is 6. The Hall–Kier alpha value is -3.16. The molecule has 0 bridgehead atoms. The molecule has 0 aliphatic carbocycles. The Balaban J connectivity index is 1.91. The molecule has 29 heavy (non-hydrogen) atoms. The Morgan fingerprint density at radius 1 is 1.31 bits per heavy atom. The second kappa shape index (κ2) is 8.46. The van der Waals surface area contributed by atoms with E-state index in [1.807, 2.05) is 24.3 Å². The molecule has 0 spiro atoms. The molecule has 1 aliphatic rings. The highest BCUT2D eigenvalue weighted by molar-refractivity contribution is 5.96. The normalized spacial score (nSPS) is 16.1. The first kappa shape index (κ1) is 20.6. The van der Waals surface area contributed by atoms with Gasteiger partial charge in [-0.3, -0.25) is 19.0 Å². The summed E-state index contributed by atoms with van der Waals surface area (Å²) >= 11 is 0. The molecule has 2 aromatic rings. The lowest BCUT2D eigenvalue weighted by Crippen LogP contribution is -2.34. The van der Waals surface area contributed by atoms with Crippen LogP contribution in [0.4, 0.5) is 0 Å². The van der Waals surface area contributed by atoms with Gasteiger partial charge in [-0.1, -0.05) is 18.2 Å². The topological polar surface area (TPSA) is 102 Å². The van der Waals surface area contributed by atoms with Crippen LogP contribution in [0.3, 0.4) is 0 Å². The lowest BCUT2D eigenvalue weighted by Gasteiger charge is -2.24. The van der Waals surface area contributed by atoms with Crippen molar-refractivity contribution in [2.24, 2.45) is 7.05 Å². The molecule has 8 heteroatoms. The van der Waals surface area contributed by atoms with Crippen molar-refractivity contribution in [2.45, 2.75) is 38.6 Å². The Bertz CT molecular complexity index is 998. The second-order valence-corrected chi connectivity index (χ2v) is 7.14. The smallest absolute Gasteiger partial charge is 0.296 e. The summed E-state index contributed by atoms with van der Waals surface area (Å²) in [5.74, 6) is -0.210. The Kier molecular flexibility index (Phi) is 6.00. The van der Waals surface area contributed by atoms with Crippen molar-refractivity contribution in [3.63, 3.8) is 0 Å². The van der Waals surface area contributed by atoms with Gasteiger partial charge in [-0.2, -0.15) is 0 Å². The fourth-order valence-electron chi connectivity index (χ4n) is 3.79. The number of carbonyl (C=O) groups excluding carboxylic acids is 2. The molecule has 154 valence electrons. The third-order valence-electron chi connectivity index (χ3n) is 5.33. The standard InChI is InChI=1S/C21H25N3O5/c1-13(25)24-12-6-8-15(24)20-22-18(19(27)21(28)23(20)2)16(26)11-10-14-7-4-5-9-17(14)29-3/h4-5,7,9,15,27H,6,8,10-12H2,1-3H3. The van der Waals surface area contributed by atoms with Crippen LogP contribution in [-0.4, -0.2) is 44.9 Å². The van der Waals surface area contributed by atoms with Crippen LogP contribution >= 0.6 is 0 Å². The summed E-state index contributed by atoms with van der Waals surface area (Å²) in [4.78, 5) is 43.2. The number of methoxy groups -OCH3 is 1. The molecule has 8 nitrogen and oxygen atoms in total. The SMILES string of the molecule is COc1ccccc1CCC(=O)c1nc(C2CCCN2C(C)=O)n(C)c(=O)c1O. The molecule has 1 saturated heterocycles. The fraction of sp³-hybridized carbons (Fsp3) is 0.429.